The van der Waals surface area contributed by atoms with Gasteiger partial charge in [-0.2, -0.15) is 0 Å². The van der Waals surface area contributed by atoms with Gasteiger partial charge in [-0.25, -0.2) is 0 Å². The molecular formula is C27H25ClN2O2. The van der Waals surface area contributed by atoms with Crippen molar-refractivity contribution >= 4 is 23.0 Å². The molecule has 0 spiro atoms. The molecule has 162 valence electrons. The average Bonchev–Trinajstić information content (AvgIpc) is 3.29. The van der Waals surface area contributed by atoms with Gasteiger partial charge in [0.05, 0.1) is 11.4 Å². The van der Waals surface area contributed by atoms with Crippen LogP contribution in [0, 0.1) is 0 Å². The summed E-state index contributed by atoms with van der Waals surface area (Å²) >= 11 is 6.16. The molecule has 32 heavy (non-hydrogen) atoms. The van der Waals surface area contributed by atoms with Gasteiger partial charge in [-0.15, -0.1) is 0 Å². The molecule has 3 aromatic carbocycles. The van der Waals surface area contributed by atoms with Crippen molar-refractivity contribution in [2.45, 2.75) is 19.6 Å². The van der Waals surface area contributed by atoms with Crippen molar-refractivity contribution in [3.05, 3.63) is 95.4 Å². The normalized spacial score (nSPS) is 18.4. The van der Waals surface area contributed by atoms with Gasteiger partial charge in [0.1, 0.15) is 5.75 Å². The summed E-state index contributed by atoms with van der Waals surface area (Å²) in [6.07, 6.45) is 4.91. The minimum absolute atomic E-state index is 0.175. The molecule has 1 unspecified atom stereocenters. The highest BCUT2D eigenvalue weighted by Gasteiger charge is 2.28. The van der Waals surface area contributed by atoms with Crippen LogP contribution < -0.4 is 19.3 Å². The molecule has 1 atom stereocenters. The fraction of sp³-hybridized carbons (Fsp3) is 0.185. The lowest BCUT2D eigenvalue weighted by atomic mass is 10.0. The van der Waals surface area contributed by atoms with Crippen molar-refractivity contribution in [3.8, 4) is 22.6 Å². The number of anilines is 2. The highest BCUT2D eigenvalue weighted by atomic mass is 35.5. The van der Waals surface area contributed by atoms with E-state index >= 15 is 0 Å². The van der Waals surface area contributed by atoms with Crippen LogP contribution in [0.25, 0.3) is 11.1 Å². The van der Waals surface area contributed by atoms with Crippen LogP contribution in [0.2, 0.25) is 5.02 Å². The minimum Gasteiger partial charge on any atom is -0.465 e. The Hall–Kier alpha value is -3.37. The van der Waals surface area contributed by atoms with Crippen molar-refractivity contribution in [1.82, 2.24) is 0 Å². The van der Waals surface area contributed by atoms with Gasteiger partial charge in [0.25, 0.3) is 0 Å². The van der Waals surface area contributed by atoms with Crippen LogP contribution in [-0.4, -0.2) is 20.3 Å². The minimum atomic E-state index is -0.175. The summed E-state index contributed by atoms with van der Waals surface area (Å²) < 4.78 is 12.3. The smallest absolute Gasteiger partial charge is 0.200 e. The van der Waals surface area contributed by atoms with Crippen LogP contribution in [-0.2, 0) is 0 Å². The van der Waals surface area contributed by atoms with Gasteiger partial charge >= 0.3 is 0 Å². The number of likely N-dealkylation sites (N-methyl/N-ethyl adjacent to an activating group) is 1. The van der Waals surface area contributed by atoms with E-state index in [0.717, 1.165) is 40.8 Å². The topological polar surface area (TPSA) is 24.9 Å². The highest BCUT2D eigenvalue weighted by molar-refractivity contribution is 6.31. The van der Waals surface area contributed by atoms with Gasteiger partial charge in [-0.1, -0.05) is 54.9 Å². The zero-order valence-corrected chi connectivity index (χ0v) is 19.1. The lowest BCUT2D eigenvalue weighted by Crippen LogP contribution is -2.29. The zero-order chi connectivity index (χ0) is 22.2. The molecule has 0 saturated heterocycles. The van der Waals surface area contributed by atoms with Gasteiger partial charge in [0.2, 0.25) is 5.88 Å². The first-order valence-corrected chi connectivity index (χ1v) is 11.1. The molecule has 0 amide bonds. The van der Waals surface area contributed by atoms with Crippen LogP contribution in [0.1, 0.15) is 13.3 Å². The molecule has 0 fully saturated rings. The predicted molar refractivity (Wildman–Crippen MR) is 132 cm³/mol. The maximum absolute atomic E-state index is 6.26. The second-order valence-corrected chi connectivity index (χ2v) is 8.46. The van der Waals surface area contributed by atoms with Crippen molar-refractivity contribution in [1.29, 1.82) is 0 Å². The first-order chi connectivity index (χ1) is 15.5. The highest BCUT2D eigenvalue weighted by Crippen LogP contribution is 2.41. The SMILES string of the molecule is CCC(=CC1Oc2ccc(-c3ccccc3)cc2N1C)C=C1Oc2ccc(Cl)cc2N1C. The summed E-state index contributed by atoms with van der Waals surface area (Å²) in [7, 11) is 4.05. The number of halogens is 1. The fourth-order valence-corrected chi connectivity index (χ4v) is 4.24. The van der Waals surface area contributed by atoms with E-state index < -0.39 is 0 Å². The fourth-order valence-electron chi connectivity index (χ4n) is 4.07. The molecule has 5 rings (SSSR count). The number of fused-ring (bicyclic) bond motifs is 2. The molecule has 2 heterocycles. The van der Waals surface area contributed by atoms with Crippen molar-refractivity contribution in [2.75, 3.05) is 23.9 Å². The Labute approximate surface area is 193 Å². The lowest BCUT2D eigenvalue weighted by Gasteiger charge is -2.19. The molecular weight excluding hydrogens is 420 g/mol. The van der Waals surface area contributed by atoms with E-state index in [1.807, 2.05) is 36.2 Å². The second kappa shape index (κ2) is 8.29. The third-order valence-electron chi connectivity index (χ3n) is 5.98. The summed E-state index contributed by atoms with van der Waals surface area (Å²) in [6.45, 7) is 2.14. The van der Waals surface area contributed by atoms with Crippen LogP contribution in [0.15, 0.2) is 90.3 Å². The Kier molecular flexibility index (Phi) is 5.32. The number of ether oxygens (including phenoxy) is 2. The number of allylic oxidation sites excluding steroid dienone is 2. The van der Waals surface area contributed by atoms with Crippen LogP contribution >= 0.6 is 11.6 Å². The Morgan fingerprint density at radius 1 is 0.938 bits per heavy atom. The molecule has 0 aliphatic carbocycles. The summed E-state index contributed by atoms with van der Waals surface area (Å²) in [6, 6.07) is 22.4. The standard InChI is InChI=1S/C27H25ClN2O2/c1-4-18(15-27-30(3)23-17-21(28)11-13-25(23)32-27)14-26-29(2)22-16-20(10-12-24(22)31-26)19-8-6-5-7-9-19/h5-17,26H,4H2,1-3H3. The number of nitrogens with zero attached hydrogens (tertiary/aromatic N) is 2. The van der Waals surface area contributed by atoms with E-state index in [-0.39, 0.29) is 6.23 Å². The number of rotatable bonds is 4. The molecule has 2 aliphatic heterocycles. The quantitative estimate of drug-likeness (QED) is 0.438. The molecule has 0 saturated carbocycles. The van der Waals surface area contributed by atoms with Crippen LogP contribution in [0.3, 0.4) is 0 Å². The molecule has 5 heteroatoms. The maximum Gasteiger partial charge on any atom is 0.200 e. The number of hydrogen-bond acceptors (Lipinski definition) is 4. The van der Waals surface area contributed by atoms with E-state index in [2.05, 4.69) is 73.5 Å². The average molecular weight is 445 g/mol. The molecule has 0 bridgehead atoms. The number of hydrogen-bond donors (Lipinski definition) is 0. The molecule has 3 aromatic rings. The lowest BCUT2D eigenvalue weighted by molar-refractivity contribution is 0.278. The Balaban J connectivity index is 1.39. The summed E-state index contributed by atoms with van der Waals surface area (Å²) in [4.78, 5) is 4.19. The van der Waals surface area contributed by atoms with Crippen molar-refractivity contribution in [2.24, 2.45) is 0 Å². The van der Waals surface area contributed by atoms with E-state index in [9.17, 15) is 0 Å². The van der Waals surface area contributed by atoms with E-state index in [1.165, 1.54) is 11.1 Å². The molecule has 0 aromatic heterocycles. The van der Waals surface area contributed by atoms with Gasteiger partial charge in [0.15, 0.2) is 12.0 Å². The predicted octanol–water partition coefficient (Wildman–Crippen LogP) is 6.87. The first-order valence-electron chi connectivity index (χ1n) is 10.8. The zero-order valence-electron chi connectivity index (χ0n) is 18.4. The van der Waals surface area contributed by atoms with Gasteiger partial charge in [-0.3, -0.25) is 0 Å². The van der Waals surface area contributed by atoms with Crippen molar-refractivity contribution < 1.29 is 9.47 Å². The Bertz CT molecular complexity index is 1220. The van der Waals surface area contributed by atoms with Gasteiger partial charge in [0, 0.05) is 25.2 Å². The van der Waals surface area contributed by atoms with Gasteiger partial charge in [-0.05, 0) is 59.5 Å². The molecule has 0 radical (unpaired) electrons. The largest absolute Gasteiger partial charge is 0.465 e. The monoisotopic (exact) mass is 444 g/mol. The third kappa shape index (κ3) is 3.71. The maximum atomic E-state index is 6.26. The molecule has 0 N–H and O–H groups in total. The van der Waals surface area contributed by atoms with E-state index in [4.69, 9.17) is 21.1 Å². The second-order valence-electron chi connectivity index (χ2n) is 8.02. The first kappa shape index (κ1) is 20.5. The Morgan fingerprint density at radius 3 is 2.50 bits per heavy atom. The molecule has 4 nitrogen and oxygen atoms in total. The van der Waals surface area contributed by atoms with E-state index in [0.29, 0.717) is 5.02 Å². The van der Waals surface area contributed by atoms with Crippen LogP contribution in [0.5, 0.6) is 11.5 Å². The van der Waals surface area contributed by atoms with Crippen molar-refractivity contribution in [3.63, 3.8) is 0 Å². The van der Waals surface area contributed by atoms with E-state index in [1.54, 1.807) is 0 Å². The van der Waals surface area contributed by atoms with Crippen LogP contribution in [0.4, 0.5) is 11.4 Å². The van der Waals surface area contributed by atoms with Gasteiger partial charge < -0.3 is 19.3 Å². The molecule has 2 aliphatic rings. The Morgan fingerprint density at radius 2 is 1.72 bits per heavy atom. The summed E-state index contributed by atoms with van der Waals surface area (Å²) in [5.41, 5.74) is 5.57. The number of benzene rings is 3. The summed E-state index contributed by atoms with van der Waals surface area (Å²) in [5.74, 6) is 2.49. The third-order valence-corrected chi connectivity index (χ3v) is 6.21. The summed E-state index contributed by atoms with van der Waals surface area (Å²) in [5, 5.41) is 0.695.